The van der Waals surface area contributed by atoms with Crippen molar-refractivity contribution in [2.75, 3.05) is 19.6 Å². The van der Waals surface area contributed by atoms with Crippen molar-refractivity contribution in [2.45, 2.75) is 52.0 Å². The molecule has 0 radical (unpaired) electrons. The molecule has 26 heavy (non-hydrogen) atoms. The normalized spacial score (nSPS) is 27.4. The number of pyridine rings is 1. The zero-order valence-corrected chi connectivity index (χ0v) is 15.9. The number of carbonyl (C=O) groups is 1. The Bertz CT molecular complexity index is 676. The van der Waals surface area contributed by atoms with Gasteiger partial charge in [0.2, 0.25) is 5.91 Å². The second-order valence-corrected chi connectivity index (χ2v) is 8.56. The van der Waals surface area contributed by atoms with Crippen LogP contribution in [0, 0.1) is 24.2 Å². The van der Waals surface area contributed by atoms with Crippen LogP contribution in [-0.2, 0) is 11.3 Å². The summed E-state index contributed by atoms with van der Waals surface area (Å²) < 4.78 is 0. The van der Waals surface area contributed by atoms with Gasteiger partial charge in [0.25, 0.3) is 0 Å². The summed E-state index contributed by atoms with van der Waals surface area (Å²) in [6.45, 7) is 6.12. The molecule has 2 fully saturated rings. The molecule has 1 saturated carbocycles. The van der Waals surface area contributed by atoms with Crippen molar-refractivity contribution in [1.29, 1.82) is 0 Å². The third-order valence-corrected chi connectivity index (χ3v) is 6.64. The lowest BCUT2D eigenvalue weighted by atomic mass is 9.88. The number of allylic oxidation sites excluding steroid dienone is 2. The van der Waals surface area contributed by atoms with E-state index in [1.54, 1.807) is 0 Å². The molecule has 1 aliphatic heterocycles. The minimum Gasteiger partial charge on any atom is -0.350 e. The Kier molecular flexibility index (Phi) is 5.12. The maximum atomic E-state index is 12.6. The van der Waals surface area contributed by atoms with Crippen molar-refractivity contribution in [2.24, 2.45) is 17.3 Å². The molecule has 1 aromatic heterocycles. The third-order valence-electron chi connectivity index (χ3n) is 6.64. The summed E-state index contributed by atoms with van der Waals surface area (Å²) in [6, 6.07) is 5.97. The van der Waals surface area contributed by atoms with E-state index < -0.39 is 0 Å². The van der Waals surface area contributed by atoms with E-state index in [1.165, 1.54) is 51.7 Å². The topological polar surface area (TPSA) is 45.2 Å². The molecule has 140 valence electrons. The van der Waals surface area contributed by atoms with Gasteiger partial charge in [-0.25, -0.2) is 0 Å². The van der Waals surface area contributed by atoms with Gasteiger partial charge in [-0.2, -0.15) is 0 Å². The highest BCUT2D eigenvalue weighted by atomic mass is 16.2. The van der Waals surface area contributed by atoms with Crippen LogP contribution in [-0.4, -0.2) is 35.4 Å². The first kappa shape index (κ1) is 17.7. The lowest BCUT2D eigenvalue weighted by Gasteiger charge is -2.35. The summed E-state index contributed by atoms with van der Waals surface area (Å²) in [7, 11) is 0. The largest absolute Gasteiger partial charge is 0.350 e. The van der Waals surface area contributed by atoms with E-state index in [9.17, 15) is 4.79 Å². The summed E-state index contributed by atoms with van der Waals surface area (Å²) in [4.78, 5) is 19.7. The van der Waals surface area contributed by atoms with Crippen LogP contribution in [0.1, 0.15) is 49.9 Å². The molecule has 2 atom stereocenters. The van der Waals surface area contributed by atoms with Gasteiger partial charge in [0.05, 0.1) is 12.2 Å². The maximum Gasteiger partial charge on any atom is 0.224 e. The number of aromatic nitrogens is 1. The fourth-order valence-electron chi connectivity index (χ4n) is 4.84. The minimum absolute atomic E-state index is 0.229. The summed E-state index contributed by atoms with van der Waals surface area (Å²) in [5.41, 5.74) is 2.25. The van der Waals surface area contributed by atoms with Crippen LogP contribution < -0.4 is 5.32 Å². The zero-order chi connectivity index (χ0) is 18.0. The Labute approximate surface area is 157 Å². The molecule has 4 rings (SSSR count). The molecule has 2 aliphatic carbocycles. The molecule has 0 bridgehead atoms. The van der Waals surface area contributed by atoms with Gasteiger partial charge < -0.3 is 10.2 Å². The molecule has 2 heterocycles. The number of hydrogen-bond donors (Lipinski definition) is 1. The first-order valence-corrected chi connectivity index (χ1v) is 10.2. The number of piperidine rings is 1. The highest BCUT2D eigenvalue weighted by molar-refractivity contribution is 5.82. The van der Waals surface area contributed by atoms with E-state index in [4.69, 9.17) is 0 Å². The van der Waals surface area contributed by atoms with Crippen molar-refractivity contribution in [3.05, 3.63) is 41.7 Å². The first-order valence-electron chi connectivity index (χ1n) is 10.2. The average molecular weight is 354 g/mol. The van der Waals surface area contributed by atoms with Crippen molar-refractivity contribution in [3.8, 4) is 0 Å². The second-order valence-electron chi connectivity index (χ2n) is 8.56. The Balaban J connectivity index is 1.22. The molecule has 1 spiro atoms. The number of amides is 1. The monoisotopic (exact) mass is 353 g/mol. The number of nitrogens with one attached hydrogen (secondary N) is 1. The van der Waals surface area contributed by atoms with E-state index in [2.05, 4.69) is 27.4 Å². The van der Waals surface area contributed by atoms with Gasteiger partial charge in [-0.3, -0.25) is 9.78 Å². The predicted molar refractivity (Wildman–Crippen MR) is 104 cm³/mol. The van der Waals surface area contributed by atoms with Gasteiger partial charge in [0.15, 0.2) is 0 Å². The Morgan fingerprint density at radius 2 is 2.15 bits per heavy atom. The standard InChI is InChI=1S/C22H31N3O/c1-17-6-5-9-19(24-17)15-23-21(26)20-14-22(20)10-12-25(13-11-22)16-18-7-3-2-4-8-18/h2-3,5-6,9,18,20H,4,7-8,10-16H2,1H3,(H,23,26). The maximum absolute atomic E-state index is 12.6. The van der Waals surface area contributed by atoms with Gasteiger partial charge in [-0.1, -0.05) is 18.2 Å². The van der Waals surface area contributed by atoms with Crippen LogP contribution in [0.25, 0.3) is 0 Å². The number of hydrogen-bond acceptors (Lipinski definition) is 3. The molecule has 3 aliphatic rings. The van der Waals surface area contributed by atoms with Crippen molar-refractivity contribution in [3.63, 3.8) is 0 Å². The van der Waals surface area contributed by atoms with Gasteiger partial charge >= 0.3 is 0 Å². The quantitative estimate of drug-likeness (QED) is 0.825. The van der Waals surface area contributed by atoms with Crippen LogP contribution in [0.15, 0.2) is 30.4 Å². The lowest BCUT2D eigenvalue weighted by Crippen LogP contribution is -2.39. The molecular formula is C22H31N3O. The molecule has 4 nitrogen and oxygen atoms in total. The van der Waals surface area contributed by atoms with Gasteiger partial charge in [-0.15, -0.1) is 0 Å². The Morgan fingerprint density at radius 1 is 1.31 bits per heavy atom. The third kappa shape index (κ3) is 4.01. The smallest absolute Gasteiger partial charge is 0.224 e. The minimum atomic E-state index is 0.229. The average Bonchev–Trinajstić information content (AvgIpc) is 3.36. The predicted octanol–water partition coefficient (Wildman–Crippen LogP) is 3.46. The van der Waals surface area contributed by atoms with Gasteiger partial charge in [-0.05, 0) is 82.0 Å². The Hall–Kier alpha value is -1.68. The first-order chi connectivity index (χ1) is 12.6. The van der Waals surface area contributed by atoms with Crippen molar-refractivity contribution < 1.29 is 4.79 Å². The highest BCUT2D eigenvalue weighted by Crippen LogP contribution is 2.59. The van der Waals surface area contributed by atoms with Crippen molar-refractivity contribution >= 4 is 5.91 Å². The number of aryl methyl sites for hydroxylation is 1. The summed E-state index contributed by atoms with van der Waals surface area (Å²) >= 11 is 0. The van der Waals surface area contributed by atoms with E-state index in [1.807, 2.05) is 25.1 Å². The van der Waals surface area contributed by atoms with Crippen LogP contribution in [0.2, 0.25) is 0 Å². The van der Waals surface area contributed by atoms with E-state index >= 15 is 0 Å². The van der Waals surface area contributed by atoms with Gasteiger partial charge in [0, 0.05) is 18.2 Å². The molecule has 2 unspecified atom stereocenters. The molecule has 1 saturated heterocycles. The summed E-state index contributed by atoms with van der Waals surface area (Å²) in [6.07, 6.45) is 12.0. The fourth-order valence-corrected chi connectivity index (χ4v) is 4.84. The van der Waals surface area contributed by atoms with Gasteiger partial charge in [0.1, 0.15) is 0 Å². The highest BCUT2D eigenvalue weighted by Gasteiger charge is 2.58. The van der Waals surface area contributed by atoms with Crippen molar-refractivity contribution in [1.82, 2.24) is 15.2 Å². The SMILES string of the molecule is Cc1cccc(CNC(=O)C2CC23CCN(CC2CC=CCC2)CC3)n1. The summed E-state index contributed by atoms with van der Waals surface area (Å²) in [5, 5.41) is 3.11. The molecular weight excluding hydrogens is 322 g/mol. The summed E-state index contributed by atoms with van der Waals surface area (Å²) in [5.74, 6) is 1.31. The number of likely N-dealkylation sites (tertiary alicyclic amines) is 1. The second kappa shape index (κ2) is 7.51. The number of rotatable bonds is 5. The Morgan fingerprint density at radius 3 is 2.88 bits per heavy atom. The van der Waals surface area contributed by atoms with E-state index in [0.717, 1.165) is 23.7 Å². The molecule has 1 aromatic rings. The molecule has 0 aromatic carbocycles. The number of carbonyl (C=O) groups excluding carboxylic acids is 1. The van der Waals surface area contributed by atoms with E-state index in [0.29, 0.717) is 12.0 Å². The van der Waals surface area contributed by atoms with Crippen LogP contribution in [0.3, 0.4) is 0 Å². The lowest BCUT2D eigenvalue weighted by molar-refractivity contribution is -0.123. The molecule has 1 N–H and O–H groups in total. The number of nitrogens with zero attached hydrogens (tertiary/aromatic N) is 2. The van der Waals surface area contributed by atoms with Crippen LogP contribution in [0.5, 0.6) is 0 Å². The van der Waals surface area contributed by atoms with Crippen LogP contribution >= 0.6 is 0 Å². The fraction of sp³-hybridized carbons (Fsp3) is 0.636. The van der Waals surface area contributed by atoms with E-state index in [-0.39, 0.29) is 11.8 Å². The molecule has 1 amide bonds. The van der Waals surface area contributed by atoms with Crippen LogP contribution in [0.4, 0.5) is 0 Å². The molecule has 4 heteroatoms. The zero-order valence-electron chi connectivity index (χ0n) is 15.9.